The van der Waals surface area contributed by atoms with E-state index in [-0.39, 0.29) is 11.0 Å². The summed E-state index contributed by atoms with van der Waals surface area (Å²) < 4.78 is 2.19. The fourth-order valence-corrected chi connectivity index (χ4v) is 2.55. The number of benzene rings is 1. The summed E-state index contributed by atoms with van der Waals surface area (Å²) in [5.41, 5.74) is 9.46. The van der Waals surface area contributed by atoms with Crippen LogP contribution in [0.15, 0.2) is 18.2 Å². The van der Waals surface area contributed by atoms with Crippen LogP contribution in [0.2, 0.25) is 0 Å². The summed E-state index contributed by atoms with van der Waals surface area (Å²) in [5.74, 6) is 1.12. The molecule has 0 bridgehead atoms. The minimum Gasteiger partial charge on any atom is -0.331 e. The SMILES string of the molecule is Cn1c(C(C)(C)C)nc2cc(CC(C)(C)N)ccc21. The van der Waals surface area contributed by atoms with Crippen LogP contribution in [0.4, 0.5) is 0 Å². The fraction of sp³-hybridized carbons (Fsp3) is 0.562. The van der Waals surface area contributed by atoms with Crippen molar-refractivity contribution in [1.82, 2.24) is 9.55 Å². The lowest BCUT2D eigenvalue weighted by Gasteiger charge is -2.18. The van der Waals surface area contributed by atoms with Crippen molar-refractivity contribution in [1.29, 1.82) is 0 Å². The largest absolute Gasteiger partial charge is 0.331 e. The summed E-state index contributed by atoms with van der Waals surface area (Å²) in [4.78, 5) is 4.80. The molecule has 19 heavy (non-hydrogen) atoms. The molecule has 0 unspecified atom stereocenters. The van der Waals surface area contributed by atoms with E-state index in [0.717, 1.165) is 17.8 Å². The van der Waals surface area contributed by atoms with E-state index in [1.165, 1.54) is 11.1 Å². The summed E-state index contributed by atoms with van der Waals surface area (Å²) in [6, 6.07) is 6.48. The predicted octanol–water partition coefficient (Wildman–Crippen LogP) is 3.15. The van der Waals surface area contributed by atoms with Crippen LogP contribution in [0.1, 0.15) is 46.0 Å². The lowest BCUT2D eigenvalue weighted by atomic mass is 9.96. The van der Waals surface area contributed by atoms with E-state index in [2.05, 4.69) is 64.4 Å². The van der Waals surface area contributed by atoms with Crippen LogP contribution in [0, 0.1) is 0 Å². The molecule has 0 fully saturated rings. The molecule has 104 valence electrons. The molecule has 2 rings (SSSR count). The standard InChI is InChI=1S/C16H25N3/c1-15(2,3)14-18-12-9-11(10-16(4,5)17)7-8-13(12)19(14)6/h7-9H,10,17H2,1-6H3. The van der Waals surface area contributed by atoms with E-state index < -0.39 is 0 Å². The minimum atomic E-state index is -0.185. The highest BCUT2D eigenvalue weighted by Gasteiger charge is 2.21. The second-order valence-electron chi connectivity index (χ2n) is 7.23. The molecule has 0 amide bonds. The fourth-order valence-electron chi connectivity index (χ4n) is 2.55. The Bertz CT molecular complexity index is 595. The van der Waals surface area contributed by atoms with E-state index in [0.29, 0.717) is 0 Å². The molecular weight excluding hydrogens is 234 g/mol. The second kappa shape index (κ2) is 4.34. The van der Waals surface area contributed by atoms with Gasteiger partial charge in [-0.3, -0.25) is 0 Å². The summed E-state index contributed by atoms with van der Waals surface area (Å²) in [7, 11) is 2.09. The van der Waals surface area contributed by atoms with E-state index in [4.69, 9.17) is 10.7 Å². The molecule has 0 spiro atoms. The van der Waals surface area contributed by atoms with Crippen molar-refractivity contribution < 1.29 is 0 Å². The Balaban J connectivity index is 2.50. The highest BCUT2D eigenvalue weighted by atomic mass is 15.1. The monoisotopic (exact) mass is 259 g/mol. The van der Waals surface area contributed by atoms with Crippen molar-refractivity contribution in [3.05, 3.63) is 29.6 Å². The predicted molar refractivity (Wildman–Crippen MR) is 81.4 cm³/mol. The molecule has 2 N–H and O–H groups in total. The normalized spacial score (nSPS) is 13.2. The number of hydrogen-bond acceptors (Lipinski definition) is 2. The van der Waals surface area contributed by atoms with Gasteiger partial charge >= 0.3 is 0 Å². The van der Waals surface area contributed by atoms with Crippen LogP contribution in [-0.2, 0) is 18.9 Å². The van der Waals surface area contributed by atoms with E-state index >= 15 is 0 Å². The van der Waals surface area contributed by atoms with Gasteiger partial charge in [-0.15, -0.1) is 0 Å². The number of fused-ring (bicyclic) bond motifs is 1. The maximum absolute atomic E-state index is 6.09. The number of rotatable bonds is 2. The third-order valence-corrected chi connectivity index (χ3v) is 3.28. The maximum Gasteiger partial charge on any atom is 0.115 e. The van der Waals surface area contributed by atoms with Gasteiger partial charge in [-0.05, 0) is 38.0 Å². The van der Waals surface area contributed by atoms with Crippen molar-refractivity contribution in [3.8, 4) is 0 Å². The molecule has 2 aromatic rings. The van der Waals surface area contributed by atoms with Crippen molar-refractivity contribution in [2.75, 3.05) is 0 Å². The lowest BCUT2D eigenvalue weighted by Crippen LogP contribution is -2.34. The molecule has 1 aromatic carbocycles. The summed E-state index contributed by atoms with van der Waals surface area (Å²) in [6.07, 6.45) is 0.865. The molecule has 3 nitrogen and oxygen atoms in total. The zero-order chi connectivity index (χ0) is 14.4. The molecule has 1 heterocycles. The highest BCUT2D eigenvalue weighted by molar-refractivity contribution is 5.77. The molecular formula is C16H25N3. The smallest absolute Gasteiger partial charge is 0.115 e. The molecule has 0 atom stereocenters. The zero-order valence-corrected chi connectivity index (χ0v) is 12.9. The number of hydrogen-bond donors (Lipinski definition) is 1. The van der Waals surface area contributed by atoms with Gasteiger partial charge in [-0.25, -0.2) is 4.98 Å². The van der Waals surface area contributed by atoms with E-state index in [1.54, 1.807) is 0 Å². The van der Waals surface area contributed by atoms with Crippen molar-refractivity contribution >= 4 is 11.0 Å². The molecule has 0 aliphatic heterocycles. The first kappa shape index (κ1) is 14.1. The van der Waals surface area contributed by atoms with Gasteiger partial charge in [-0.2, -0.15) is 0 Å². The zero-order valence-electron chi connectivity index (χ0n) is 12.9. The van der Waals surface area contributed by atoms with Gasteiger partial charge in [0.15, 0.2) is 0 Å². The number of imidazole rings is 1. The van der Waals surface area contributed by atoms with Gasteiger partial charge in [0.25, 0.3) is 0 Å². The van der Waals surface area contributed by atoms with Gasteiger partial charge in [0.05, 0.1) is 11.0 Å². The number of aryl methyl sites for hydroxylation is 1. The lowest BCUT2D eigenvalue weighted by molar-refractivity contribution is 0.517. The minimum absolute atomic E-state index is 0.0566. The Morgan fingerprint density at radius 2 is 1.79 bits per heavy atom. The average Bonchev–Trinajstić information content (AvgIpc) is 2.52. The van der Waals surface area contributed by atoms with Crippen molar-refractivity contribution in [3.63, 3.8) is 0 Å². The molecule has 0 saturated carbocycles. The molecule has 1 aromatic heterocycles. The Kier molecular flexibility index (Phi) is 3.21. The number of nitrogens with two attached hydrogens (primary N) is 1. The third kappa shape index (κ3) is 2.98. The van der Waals surface area contributed by atoms with Crippen LogP contribution in [-0.4, -0.2) is 15.1 Å². The van der Waals surface area contributed by atoms with E-state index in [1.807, 2.05) is 0 Å². The maximum atomic E-state index is 6.09. The van der Waals surface area contributed by atoms with Crippen LogP contribution in [0.3, 0.4) is 0 Å². The Labute approximate surface area is 115 Å². The first-order chi connectivity index (χ1) is 8.58. The summed E-state index contributed by atoms with van der Waals surface area (Å²) in [6.45, 7) is 10.7. The van der Waals surface area contributed by atoms with Gasteiger partial charge in [0.2, 0.25) is 0 Å². The van der Waals surface area contributed by atoms with Crippen LogP contribution in [0.25, 0.3) is 11.0 Å². The molecule has 0 saturated heterocycles. The van der Waals surface area contributed by atoms with Gasteiger partial charge < -0.3 is 10.3 Å². The summed E-state index contributed by atoms with van der Waals surface area (Å²) >= 11 is 0. The summed E-state index contributed by atoms with van der Waals surface area (Å²) in [5, 5.41) is 0. The van der Waals surface area contributed by atoms with Gasteiger partial charge in [0, 0.05) is 18.0 Å². The Morgan fingerprint density at radius 3 is 2.32 bits per heavy atom. The van der Waals surface area contributed by atoms with Crippen LogP contribution >= 0.6 is 0 Å². The first-order valence-corrected chi connectivity index (χ1v) is 6.83. The molecule has 0 aliphatic rings. The number of aromatic nitrogens is 2. The Morgan fingerprint density at radius 1 is 1.16 bits per heavy atom. The molecule has 0 aliphatic carbocycles. The van der Waals surface area contributed by atoms with Crippen molar-refractivity contribution in [2.45, 2.75) is 52.0 Å². The molecule has 0 radical (unpaired) electrons. The van der Waals surface area contributed by atoms with E-state index in [9.17, 15) is 0 Å². The topological polar surface area (TPSA) is 43.8 Å². The van der Waals surface area contributed by atoms with Crippen LogP contribution in [0.5, 0.6) is 0 Å². The quantitative estimate of drug-likeness (QED) is 0.900. The average molecular weight is 259 g/mol. The van der Waals surface area contributed by atoms with Gasteiger partial charge in [-0.1, -0.05) is 26.8 Å². The second-order valence-corrected chi connectivity index (χ2v) is 7.23. The van der Waals surface area contributed by atoms with Gasteiger partial charge in [0.1, 0.15) is 5.82 Å². The van der Waals surface area contributed by atoms with Crippen LogP contribution < -0.4 is 5.73 Å². The third-order valence-electron chi connectivity index (χ3n) is 3.28. The molecule has 3 heteroatoms. The Hall–Kier alpha value is -1.35. The highest BCUT2D eigenvalue weighted by Crippen LogP contribution is 2.26. The number of nitrogens with zero attached hydrogens (tertiary/aromatic N) is 2. The first-order valence-electron chi connectivity index (χ1n) is 6.83. The van der Waals surface area contributed by atoms with Crippen molar-refractivity contribution in [2.24, 2.45) is 12.8 Å².